The summed E-state index contributed by atoms with van der Waals surface area (Å²) in [5.41, 5.74) is 5.60. The van der Waals surface area contributed by atoms with E-state index in [2.05, 4.69) is 4.72 Å². The van der Waals surface area contributed by atoms with Crippen molar-refractivity contribution in [3.63, 3.8) is 0 Å². The molecule has 132 valence electrons. The van der Waals surface area contributed by atoms with Crippen LogP contribution in [0.25, 0.3) is 0 Å². The average Bonchev–Trinajstić information content (AvgIpc) is 2.49. The monoisotopic (exact) mass is 390 g/mol. The van der Waals surface area contributed by atoms with E-state index in [0.29, 0.717) is 29.5 Å². The first kappa shape index (κ1) is 20.7. The summed E-state index contributed by atoms with van der Waals surface area (Å²) in [4.78, 5) is 0.175. The average molecular weight is 391 g/mol. The summed E-state index contributed by atoms with van der Waals surface area (Å²) in [6.07, 6.45) is 0.576. The van der Waals surface area contributed by atoms with Crippen LogP contribution in [0, 0.1) is 0 Å². The molecule has 0 aromatic heterocycles. The van der Waals surface area contributed by atoms with Crippen molar-refractivity contribution in [3.8, 4) is 11.5 Å². The van der Waals surface area contributed by atoms with Crippen molar-refractivity contribution in [2.24, 2.45) is 5.73 Å². The van der Waals surface area contributed by atoms with Gasteiger partial charge in [0.1, 0.15) is 11.5 Å². The van der Waals surface area contributed by atoms with Gasteiger partial charge >= 0.3 is 0 Å². The third-order valence-electron chi connectivity index (χ3n) is 3.09. The maximum atomic E-state index is 12.1. The number of sulfonamides is 1. The molecule has 0 aliphatic heterocycles. The number of ether oxygens (including phenoxy) is 1. The molecule has 2 rings (SSSR count). The minimum atomic E-state index is -3.54. The lowest BCUT2D eigenvalue weighted by molar-refractivity contribution is 0.482. The highest BCUT2D eigenvalue weighted by Gasteiger charge is 2.14. The van der Waals surface area contributed by atoms with Crippen molar-refractivity contribution >= 4 is 34.0 Å². The number of hydrogen-bond donors (Lipinski definition) is 2. The summed E-state index contributed by atoms with van der Waals surface area (Å²) in [5.74, 6) is 1.02. The Morgan fingerprint density at radius 3 is 2.38 bits per heavy atom. The molecule has 0 fully saturated rings. The number of hydrogen-bond acceptors (Lipinski definition) is 4. The van der Waals surface area contributed by atoms with Crippen LogP contribution < -0.4 is 15.2 Å². The van der Waals surface area contributed by atoms with E-state index in [9.17, 15) is 8.42 Å². The third-order valence-corrected chi connectivity index (χ3v) is 4.88. The van der Waals surface area contributed by atoms with Crippen LogP contribution in [0.15, 0.2) is 53.4 Å². The highest BCUT2D eigenvalue weighted by atomic mass is 35.5. The highest BCUT2D eigenvalue weighted by Crippen LogP contribution is 2.29. The molecule has 0 spiro atoms. The second kappa shape index (κ2) is 9.25. The Balaban J connectivity index is 0.00000288. The molecule has 0 heterocycles. The molecule has 0 bridgehead atoms. The van der Waals surface area contributed by atoms with Crippen LogP contribution in [0.3, 0.4) is 0 Å². The first-order valence-corrected chi connectivity index (χ1v) is 9.02. The van der Waals surface area contributed by atoms with Gasteiger partial charge in [-0.3, -0.25) is 0 Å². The van der Waals surface area contributed by atoms with E-state index in [1.54, 1.807) is 30.3 Å². The van der Waals surface area contributed by atoms with E-state index in [0.717, 1.165) is 0 Å². The van der Waals surface area contributed by atoms with Gasteiger partial charge in [-0.2, -0.15) is 0 Å². The van der Waals surface area contributed by atoms with E-state index >= 15 is 0 Å². The van der Waals surface area contributed by atoms with Gasteiger partial charge in [0.05, 0.1) is 9.92 Å². The molecule has 0 amide bonds. The zero-order chi connectivity index (χ0) is 16.9. The Morgan fingerprint density at radius 2 is 1.79 bits per heavy atom. The van der Waals surface area contributed by atoms with Gasteiger partial charge in [-0.05, 0) is 49.7 Å². The summed E-state index contributed by atoms with van der Waals surface area (Å²) in [7, 11) is -3.54. The van der Waals surface area contributed by atoms with Crippen LogP contribution in [-0.2, 0) is 10.0 Å². The van der Waals surface area contributed by atoms with Gasteiger partial charge in [0.15, 0.2) is 0 Å². The van der Waals surface area contributed by atoms with Gasteiger partial charge < -0.3 is 10.5 Å². The molecule has 0 radical (unpaired) electrons. The number of rotatable bonds is 7. The van der Waals surface area contributed by atoms with Crippen LogP contribution in [0.1, 0.15) is 13.3 Å². The number of nitrogens with one attached hydrogen (secondary N) is 1. The molecule has 1 atom stereocenters. The van der Waals surface area contributed by atoms with Crippen LogP contribution >= 0.6 is 24.0 Å². The number of benzene rings is 2. The molecular formula is C16H20Cl2N2O3S. The van der Waals surface area contributed by atoms with Crippen molar-refractivity contribution in [2.75, 3.05) is 6.54 Å². The molecule has 0 saturated heterocycles. The maximum absolute atomic E-state index is 12.1. The van der Waals surface area contributed by atoms with E-state index < -0.39 is 10.0 Å². The minimum absolute atomic E-state index is 0. The standard InChI is InChI=1S/C16H19ClN2O3S.ClH/c1-12(18)10-11-19-23(20,21)14-8-6-13(7-9-14)22-16-5-3-2-4-15(16)17;/h2-9,12,19H,10-11,18H2,1H3;1H. The zero-order valence-electron chi connectivity index (χ0n) is 13.1. The van der Waals surface area contributed by atoms with Gasteiger partial charge in [-0.1, -0.05) is 23.7 Å². The molecule has 8 heteroatoms. The lowest BCUT2D eigenvalue weighted by Gasteiger charge is -2.10. The molecule has 1 unspecified atom stereocenters. The van der Waals surface area contributed by atoms with Crippen molar-refractivity contribution in [2.45, 2.75) is 24.3 Å². The normalized spacial score (nSPS) is 12.3. The Labute approximate surface area is 153 Å². The van der Waals surface area contributed by atoms with Gasteiger partial charge in [-0.15, -0.1) is 12.4 Å². The van der Waals surface area contributed by atoms with Gasteiger partial charge in [0, 0.05) is 12.6 Å². The van der Waals surface area contributed by atoms with Crippen molar-refractivity contribution in [1.29, 1.82) is 0 Å². The van der Waals surface area contributed by atoms with Crippen LogP contribution in [0.2, 0.25) is 5.02 Å². The topological polar surface area (TPSA) is 81.4 Å². The van der Waals surface area contributed by atoms with E-state index in [-0.39, 0.29) is 23.3 Å². The van der Waals surface area contributed by atoms with Gasteiger partial charge in [0.25, 0.3) is 0 Å². The summed E-state index contributed by atoms with van der Waals surface area (Å²) >= 11 is 6.02. The minimum Gasteiger partial charge on any atom is -0.456 e. The Kier molecular flexibility index (Phi) is 7.99. The lowest BCUT2D eigenvalue weighted by atomic mass is 10.3. The number of para-hydroxylation sites is 1. The first-order chi connectivity index (χ1) is 10.9. The number of halogens is 2. The summed E-state index contributed by atoms with van der Waals surface area (Å²) in [6, 6.07) is 13.2. The predicted octanol–water partition coefficient (Wildman–Crippen LogP) is 3.57. The molecule has 24 heavy (non-hydrogen) atoms. The maximum Gasteiger partial charge on any atom is 0.240 e. The number of nitrogens with two attached hydrogens (primary N) is 1. The summed E-state index contributed by atoms with van der Waals surface area (Å²) < 4.78 is 32.4. The Bertz CT molecular complexity index is 750. The lowest BCUT2D eigenvalue weighted by Crippen LogP contribution is -2.29. The molecule has 2 aromatic carbocycles. The zero-order valence-corrected chi connectivity index (χ0v) is 15.5. The van der Waals surface area contributed by atoms with E-state index in [1.807, 2.05) is 13.0 Å². The SMILES string of the molecule is CC(N)CCNS(=O)(=O)c1ccc(Oc2ccccc2Cl)cc1.Cl. The fraction of sp³-hybridized carbons (Fsp3) is 0.250. The molecule has 0 aliphatic carbocycles. The fourth-order valence-corrected chi connectivity index (χ4v) is 3.07. The molecule has 0 saturated carbocycles. The largest absolute Gasteiger partial charge is 0.456 e. The van der Waals surface area contributed by atoms with Crippen molar-refractivity contribution in [3.05, 3.63) is 53.6 Å². The van der Waals surface area contributed by atoms with Crippen molar-refractivity contribution in [1.82, 2.24) is 4.72 Å². The van der Waals surface area contributed by atoms with Crippen LogP contribution in [0.5, 0.6) is 11.5 Å². The second-order valence-electron chi connectivity index (χ2n) is 5.17. The molecule has 2 aromatic rings. The predicted molar refractivity (Wildman–Crippen MR) is 98.7 cm³/mol. The molecular weight excluding hydrogens is 371 g/mol. The molecule has 0 aliphatic rings. The molecule has 5 nitrogen and oxygen atoms in total. The van der Waals surface area contributed by atoms with E-state index in [1.165, 1.54) is 12.1 Å². The smallest absolute Gasteiger partial charge is 0.240 e. The summed E-state index contributed by atoms with van der Waals surface area (Å²) in [5, 5.41) is 0.488. The van der Waals surface area contributed by atoms with Crippen molar-refractivity contribution < 1.29 is 13.2 Å². The third kappa shape index (κ3) is 5.96. The second-order valence-corrected chi connectivity index (χ2v) is 7.34. The van der Waals surface area contributed by atoms with Gasteiger partial charge in [-0.25, -0.2) is 13.1 Å². The molecule has 3 N–H and O–H groups in total. The fourth-order valence-electron chi connectivity index (χ4n) is 1.85. The van der Waals surface area contributed by atoms with Crippen LogP contribution in [0.4, 0.5) is 0 Å². The first-order valence-electron chi connectivity index (χ1n) is 7.16. The van der Waals surface area contributed by atoms with E-state index in [4.69, 9.17) is 22.1 Å². The highest BCUT2D eigenvalue weighted by molar-refractivity contribution is 7.89. The summed E-state index contributed by atoms with van der Waals surface area (Å²) in [6.45, 7) is 2.13. The van der Waals surface area contributed by atoms with Crippen LogP contribution in [-0.4, -0.2) is 21.0 Å². The quantitative estimate of drug-likeness (QED) is 0.756. The Morgan fingerprint density at radius 1 is 1.17 bits per heavy atom. The van der Waals surface area contributed by atoms with Gasteiger partial charge in [0.2, 0.25) is 10.0 Å². The Hall–Kier alpha value is -1.31.